The summed E-state index contributed by atoms with van der Waals surface area (Å²) >= 11 is 1.87. The van der Waals surface area contributed by atoms with Crippen LogP contribution in [0, 0.1) is 0 Å². The lowest BCUT2D eigenvalue weighted by Gasteiger charge is -2.34. The van der Waals surface area contributed by atoms with Crippen molar-refractivity contribution in [3.8, 4) is 0 Å². The molecule has 1 saturated heterocycles. The third kappa shape index (κ3) is 9.89. The molecule has 1 fully saturated rings. The van der Waals surface area contributed by atoms with Gasteiger partial charge in [-0.3, -0.25) is 4.90 Å². The summed E-state index contributed by atoms with van der Waals surface area (Å²) < 4.78 is 0.195. The minimum atomic E-state index is 0. The molecule has 7 heteroatoms. The first-order valence-corrected chi connectivity index (χ1v) is 11.8. The highest BCUT2D eigenvalue weighted by Crippen LogP contribution is 2.19. The molecule has 1 aliphatic heterocycles. The molecule has 0 amide bonds. The summed E-state index contributed by atoms with van der Waals surface area (Å²) in [5, 5.41) is 6.81. The number of hydrogen-bond acceptors (Lipinski definition) is 4. The maximum Gasteiger partial charge on any atom is 0.191 e. The van der Waals surface area contributed by atoms with Crippen LogP contribution in [0.25, 0.3) is 0 Å². The Labute approximate surface area is 199 Å². The number of guanidine groups is 1. The normalized spacial score (nSPS) is 16.4. The Morgan fingerprint density at radius 2 is 1.59 bits per heavy atom. The van der Waals surface area contributed by atoms with Gasteiger partial charge in [-0.1, -0.05) is 31.2 Å². The van der Waals surface area contributed by atoms with Crippen molar-refractivity contribution in [2.24, 2.45) is 4.99 Å². The molecule has 0 spiro atoms. The average molecular weight is 534 g/mol. The minimum Gasteiger partial charge on any atom is -0.357 e. The molecular formula is C22H40IN5S. The van der Waals surface area contributed by atoms with Crippen LogP contribution in [-0.2, 0) is 13.1 Å². The number of piperazine rings is 1. The summed E-state index contributed by atoms with van der Waals surface area (Å²) in [6.07, 6.45) is 2.15. The van der Waals surface area contributed by atoms with Crippen LogP contribution in [0.1, 0.15) is 38.8 Å². The fourth-order valence-corrected chi connectivity index (χ4v) is 3.37. The van der Waals surface area contributed by atoms with Gasteiger partial charge in [0.2, 0.25) is 0 Å². The highest BCUT2D eigenvalue weighted by Gasteiger charge is 2.16. The summed E-state index contributed by atoms with van der Waals surface area (Å²) in [6, 6.07) is 8.95. The van der Waals surface area contributed by atoms with Gasteiger partial charge in [0.05, 0.1) is 6.54 Å². The number of aliphatic imine (C=N–C) groups is 1. The van der Waals surface area contributed by atoms with Crippen LogP contribution in [0.15, 0.2) is 29.3 Å². The third-order valence-corrected chi connectivity index (χ3v) is 6.59. The van der Waals surface area contributed by atoms with E-state index >= 15 is 0 Å². The fraction of sp³-hybridized carbons (Fsp3) is 0.682. The molecule has 1 aliphatic rings. The van der Waals surface area contributed by atoms with Crippen molar-refractivity contribution < 1.29 is 0 Å². The van der Waals surface area contributed by atoms with Crippen LogP contribution < -0.4 is 10.6 Å². The van der Waals surface area contributed by atoms with E-state index in [0.29, 0.717) is 6.54 Å². The van der Waals surface area contributed by atoms with Crippen molar-refractivity contribution in [3.05, 3.63) is 35.4 Å². The quantitative estimate of drug-likeness (QED) is 0.288. The SMILES string of the molecule is CCNC(=NCc1ccc(CN2CCN(CC)CC2)cc1)NCC(C)(C)SC.I. The van der Waals surface area contributed by atoms with E-state index in [1.807, 2.05) is 11.8 Å². The van der Waals surface area contributed by atoms with Crippen LogP contribution in [0.5, 0.6) is 0 Å². The topological polar surface area (TPSA) is 42.9 Å². The summed E-state index contributed by atoms with van der Waals surface area (Å²) in [5.41, 5.74) is 2.64. The van der Waals surface area contributed by atoms with Gasteiger partial charge in [0.25, 0.3) is 0 Å². The van der Waals surface area contributed by atoms with Gasteiger partial charge in [-0.05, 0) is 44.7 Å². The van der Waals surface area contributed by atoms with E-state index in [1.165, 1.54) is 43.9 Å². The third-order valence-electron chi connectivity index (χ3n) is 5.34. The van der Waals surface area contributed by atoms with Crippen molar-refractivity contribution in [3.63, 3.8) is 0 Å². The first kappa shape index (κ1) is 26.5. The molecule has 0 atom stereocenters. The van der Waals surface area contributed by atoms with Gasteiger partial charge in [-0.15, -0.1) is 24.0 Å². The van der Waals surface area contributed by atoms with Crippen LogP contribution in [0.3, 0.4) is 0 Å². The van der Waals surface area contributed by atoms with E-state index in [2.05, 4.69) is 78.6 Å². The monoisotopic (exact) mass is 533 g/mol. The number of nitrogens with zero attached hydrogens (tertiary/aromatic N) is 3. The van der Waals surface area contributed by atoms with Gasteiger partial charge in [0.1, 0.15) is 0 Å². The molecular weight excluding hydrogens is 493 g/mol. The van der Waals surface area contributed by atoms with Gasteiger partial charge in [0.15, 0.2) is 5.96 Å². The number of benzene rings is 1. The Balaban J connectivity index is 0.00000420. The summed E-state index contributed by atoms with van der Waals surface area (Å²) in [6.45, 7) is 18.2. The second-order valence-electron chi connectivity index (χ2n) is 8.04. The molecule has 0 unspecified atom stereocenters. The molecule has 2 rings (SSSR count). The zero-order chi connectivity index (χ0) is 20.4. The zero-order valence-corrected chi connectivity index (χ0v) is 22.0. The summed E-state index contributed by atoms with van der Waals surface area (Å²) in [4.78, 5) is 9.83. The van der Waals surface area contributed by atoms with Gasteiger partial charge >= 0.3 is 0 Å². The Bertz CT molecular complexity index is 598. The number of hydrogen-bond donors (Lipinski definition) is 2. The molecule has 0 radical (unpaired) electrons. The minimum absolute atomic E-state index is 0. The van der Waals surface area contributed by atoms with E-state index in [9.17, 15) is 0 Å². The maximum absolute atomic E-state index is 4.75. The van der Waals surface area contributed by atoms with Gasteiger partial charge in [-0.25, -0.2) is 4.99 Å². The fourth-order valence-electron chi connectivity index (χ4n) is 3.15. The summed E-state index contributed by atoms with van der Waals surface area (Å²) in [7, 11) is 0. The second kappa shape index (κ2) is 13.7. The molecule has 0 aromatic heterocycles. The Kier molecular flexibility index (Phi) is 12.6. The van der Waals surface area contributed by atoms with E-state index in [-0.39, 0.29) is 28.7 Å². The number of nitrogens with one attached hydrogen (secondary N) is 2. The van der Waals surface area contributed by atoms with Crippen molar-refractivity contribution in [1.29, 1.82) is 0 Å². The molecule has 1 aromatic rings. The van der Waals surface area contributed by atoms with E-state index in [1.54, 1.807) is 0 Å². The van der Waals surface area contributed by atoms with Crippen molar-refractivity contribution in [1.82, 2.24) is 20.4 Å². The average Bonchev–Trinajstić information content (AvgIpc) is 2.72. The van der Waals surface area contributed by atoms with Gasteiger partial charge < -0.3 is 15.5 Å². The van der Waals surface area contributed by atoms with Crippen LogP contribution in [0.2, 0.25) is 0 Å². The van der Waals surface area contributed by atoms with Crippen molar-refractivity contribution in [2.45, 2.75) is 45.5 Å². The number of rotatable bonds is 9. The first-order valence-electron chi connectivity index (χ1n) is 10.6. The lowest BCUT2D eigenvalue weighted by Crippen LogP contribution is -2.45. The molecule has 0 saturated carbocycles. The number of halogens is 1. The lowest BCUT2D eigenvalue weighted by atomic mass is 10.1. The van der Waals surface area contributed by atoms with Gasteiger partial charge in [-0.2, -0.15) is 11.8 Å². The smallest absolute Gasteiger partial charge is 0.191 e. The molecule has 2 N–H and O–H groups in total. The van der Waals surface area contributed by atoms with Crippen LogP contribution in [-0.4, -0.2) is 72.6 Å². The number of thioether (sulfide) groups is 1. The molecule has 29 heavy (non-hydrogen) atoms. The predicted molar refractivity (Wildman–Crippen MR) is 140 cm³/mol. The molecule has 166 valence electrons. The molecule has 5 nitrogen and oxygen atoms in total. The number of likely N-dealkylation sites (N-methyl/N-ethyl adjacent to an activating group) is 1. The zero-order valence-electron chi connectivity index (χ0n) is 18.8. The largest absolute Gasteiger partial charge is 0.357 e. The van der Waals surface area contributed by atoms with E-state index < -0.39 is 0 Å². The Morgan fingerprint density at radius 1 is 1.00 bits per heavy atom. The van der Waals surface area contributed by atoms with Crippen molar-refractivity contribution >= 4 is 41.7 Å². The van der Waals surface area contributed by atoms with Gasteiger partial charge in [0, 0.05) is 50.6 Å². The molecule has 1 heterocycles. The Morgan fingerprint density at radius 3 is 2.14 bits per heavy atom. The van der Waals surface area contributed by atoms with Crippen LogP contribution >= 0.6 is 35.7 Å². The highest BCUT2D eigenvalue weighted by molar-refractivity contribution is 14.0. The molecule has 0 aliphatic carbocycles. The van der Waals surface area contributed by atoms with E-state index in [0.717, 1.165) is 25.6 Å². The summed E-state index contributed by atoms with van der Waals surface area (Å²) in [5.74, 6) is 0.891. The maximum atomic E-state index is 4.75. The van der Waals surface area contributed by atoms with Crippen LogP contribution in [0.4, 0.5) is 0 Å². The van der Waals surface area contributed by atoms with E-state index in [4.69, 9.17) is 4.99 Å². The highest BCUT2D eigenvalue weighted by atomic mass is 127. The predicted octanol–water partition coefficient (Wildman–Crippen LogP) is 3.64. The standard InChI is InChI=1S/C22H39N5S.HI/c1-6-23-21(25-18-22(3,4)28-5)24-16-19-8-10-20(11-9-19)17-27-14-12-26(7-2)13-15-27;/h8-11H,6-7,12-18H2,1-5H3,(H2,23,24,25);1H. The van der Waals surface area contributed by atoms with Crippen molar-refractivity contribution in [2.75, 3.05) is 52.1 Å². The molecule has 1 aromatic carbocycles. The molecule has 0 bridgehead atoms. The Hall–Kier alpha value is -0.510. The second-order valence-corrected chi connectivity index (χ2v) is 9.55. The first-order chi connectivity index (χ1) is 13.5. The lowest BCUT2D eigenvalue weighted by molar-refractivity contribution is 0.132.